The molecule has 0 spiro atoms. The third-order valence-electron chi connectivity index (χ3n) is 5.76. The quantitative estimate of drug-likeness (QED) is 0.720. The maximum absolute atomic E-state index is 10.4. The van der Waals surface area contributed by atoms with Crippen molar-refractivity contribution < 1.29 is 10.2 Å². The lowest BCUT2D eigenvalue weighted by Gasteiger charge is -2.25. The number of aromatic hydroxyl groups is 2. The second-order valence-electron chi connectivity index (χ2n) is 7.90. The summed E-state index contributed by atoms with van der Waals surface area (Å²) < 4.78 is 0. The van der Waals surface area contributed by atoms with Crippen molar-refractivity contribution in [2.45, 2.75) is 65.5 Å². The molecule has 3 rings (SSSR count). The van der Waals surface area contributed by atoms with Gasteiger partial charge in [0.05, 0.1) is 12.1 Å². The maximum Gasteiger partial charge on any atom is 0.127 e. The number of hydrogen-bond acceptors (Lipinski definition) is 4. The fourth-order valence-electron chi connectivity index (χ4n) is 3.74. The number of rotatable bonds is 4. The average Bonchev–Trinajstić information content (AvgIpc) is 2.69. The summed E-state index contributed by atoms with van der Waals surface area (Å²) in [6.45, 7) is 7.77. The molecule has 1 saturated carbocycles. The lowest BCUT2D eigenvalue weighted by atomic mass is 9.91. The number of nitrogens with zero attached hydrogens (tertiary/aromatic N) is 2. The topological polar surface area (TPSA) is 65.2 Å². The minimum atomic E-state index is 0.0940. The summed E-state index contributed by atoms with van der Waals surface area (Å²) in [4.78, 5) is 9.62. The minimum absolute atomic E-state index is 0.0940. The van der Waals surface area contributed by atoms with Crippen LogP contribution < -0.4 is 0 Å². The van der Waals surface area contributed by atoms with E-state index >= 15 is 0 Å². The molecular weight excluding hydrogens is 348 g/mol. The van der Waals surface area contributed by atoms with E-state index in [2.05, 4.69) is 0 Å². The lowest BCUT2D eigenvalue weighted by molar-refractivity contribution is 0.390. The molecule has 4 nitrogen and oxygen atoms in total. The van der Waals surface area contributed by atoms with Crippen LogP contribution in [0.5, 0.6) is 11.5 Å². The van der Waals surface area contributed by atoms with Crippen molar-refractivity contribution in [3.63, 3.8) is 0 Å². The summed E-state index contributed by atoms with van der Waals surface area (Å²) in [5, 5.41) is 20.7. The van der Waals surface area contributed by atoms with Gasteiger partial charge in [0.2, 0.25) is 0 Å². The van der Waals surface area contributed by atoms with Crippen molar-refractivity contribution in [1.82, 2.24) is 0 Å². The van der Waals surface area contributed by atoms with Crippen LogP contribution in [0, 0.1) is 27.7 Å². The summed E-state index contributed by atoms with van der Waals surface area (Å²) in [7, 11) is 0. The minimum Gasteiger partial charge on any atom is -0.507 e. The van der Waals surface area contributed by atoms with Crippen molar-refractivity contribution in [2.75, 3.05) is 0 Å². The third-order valence-corrected chi connectivity index (χ3v) is 5.76. The van der Waals surface area contributed by atoms with E-state index in [-0.39, 0.29) is 12.1 Å². The Balaban J connectivity index is 1.84. The fourth-order valence-corrected chi connectivity index (χ4v) is 3.74. The van der Waals surface area contributed by atoms with E-state index in [1.54, 1.807) is 0 Å². The second-order valence-corrected chi connectivity index (χ2v) is 7.90. The molecule has 0 radical (unpaired) electrons. The van der Waals surface area contributed by atoms with Crippen molar-refractivity contribution in [2.24, 2.45) is 9.98 Å². The van der Waals surface area contributed by atoms with Crippen molar-refractivity contribution in [3.05, 3.63) is 57.6 Å². The molecule has 0 unspecified atom stereocenters. The number of benzene rings is 2. The monoisotopic (exact) mass is 378 g/mol. The van der Waals surface area contributed by atoms with E-state index in [0.717, 1.165) is 59.1 Å². The Hall–Kier alpha value is -2.62. The Kier molecular flexibility index (Phi) is 6.18. The Labute approximate surface area is 167 Å². The summed E-state index contributed by atoms with van der Waals surface area (Å²) in [5.74, 6) is 0.611. The molecule has 0 heterocycles. The molecule has 1 aliphatic rings. The first kappa shape index (κ1) is 20.1. The number of aryl methyl sites for hydroxylation is 4. The van der Waals surface area contributed by atoms with Crippen LogP contribution >= 0.6 is 0 Å². The zero-order valence-electron chi connectivity index (χ0n) is 17.2. The first-order valence-electron chi connectivity index (χ1n) is 10.0. The highest BCUT2D eigenvalue weighted by Crippen LogP contribution is 2.28. The molecule has 2 aromatic rings. The van der Waals surface area contributed by atoms with Crippen LogP contribution in [-0.2, 0) is 0 Å². The van der Waals surface area contributed by atoms with Gasteiger partial charge in [-0.3, -0.25) is 9.98 Å². The first-order chi connectivity index (χ1) is 13.4. The summed E-state index contributed by atoms with van der Waals surface area (Å²) >= 11 is 0. The van der Waals surface area contributed by atoms with Gasteiger partial charge in [-0.2, -0.15) is 0 Å². The normalized spacial score (nSPS) is 20.3. The third kappa shape index (κ3) is 4.27. The Morgan fingerprint density at radius 1 is 0.679 bits per heavy atom. The zero-order chi connectivity index (χ0) is 20.3. The fraction of sp³-hybridized carbons (Fsp3) is 0.417. The van der Waals surface area contributed by atoms with Gasteiger partial charge >= 0.3 is 0 Å². The Morgan fingerprint density at radius 2 is 1.04 bits per heavy atom. The largest absolute Gasteiger partial charge is 0.507 e. The SMILES string of the molecule is Cc1ccc(C)c(C=N[C@@H]2CCCC[C@H]2N=Cc2c(C)ccc(C)c2O)c1O. The van der Waals surface area contributed by atoms with E-state index in [9.17, 15) is 10.2 Å². The van der Waals surface area contributed by atoms with Gasteiger partial charge in [0.25, 0.3) is 0 Å². The molecule has 1 fully saturated rings. The number of phenols is 2. The van der Waals surface area contributed by atoms with Crippen LogP contribution in [0.2, 0.25) is 0 Å². The Bertz CT molecular complexity index is 840. The van der Waals surface area contributed by atoms with E-state index in [4.69, 9.17) is 9.98 Å². The molecule has 0 saturated heterocycles. The number of aliphatic imine (C=N–C) groups is 2. The number of hydrogen-bond donors (Lipinski definition) is 2. The van der Waals surface area contributed by atoms with Crippen LogP contribution in [0.15, 0.2) is 34.3 Å². The van der Waals surface area contributed by atoms with Crippen molar-refractivity contribution >= 4 is 12.4 Å². The smallest absolute Gasteiger partial charge is 0.127 e. The van der Waals surface area contributed by atoms with Gasteiger partial charge in [0, 0.05) is 23.6 Å². The highest BCUT2D eigenvalue weighted by Gasteiger charge is 2.23. The van der Waals surface area contributed by atoms with Crippen LogP contribution in [-0.4, -0.2) is 34.7 Å². The molecule has 0 bridgehead atoms. The standard InChI is InChI=1S/C24H30N2O2/c1-15-9-11-17(3)23(27)19(15)13-25-21-7-5-6-8-22(21)26-14-20-16(2)10-12-18(4)24(20)28/h9-14,21-22,27-28H,5-8H2,1-4H3/t21-,22-/m1/s1. The zero-order valence-corrected chi connectivity index (χ0v) is 17.2. The van der Waals surface area contributed by atoms with Crippen molar-refractivity contribution in [3.8, 4) is 11.5 Å². The van der Waals surface area contributed by atoms with E-state index in [0.29, 0.717) is 11.5 Å². The van der Waals surface area contributed by atoms with Crippen molar-refractivity contribution in [1.29, 1.82) is 0 Å². The van der Waals surface area contributed by atoms with Gasteiger partial charge in [-0.05, 0) is 62.8 Å². The van der Waals surface area contributed by atoms with Crippen LogP contribution in [0.1, 0.15) is 59.1 Å². The molecule has 0 amide bonds. The van der Waals surface area contributed by atoms with Crippen LogP contribution in [0.4, 0.5) is 0 Å². The predicted molar refractivity (Wildman–Crippen MR) is 116 cm³/mol. The molecule has 1 aliphatic carbocycles. The lowest BCUT2D eigenvalue weighted by Crippen LogP contribution is -2.27. The van der Waals surface area contributed by atoms with Gasteiger partial charge in [-0.1, -0.05) is 37.1 Å². The summed E-state index contributed by atoms with van der Waals surface area (Å²) in [6, 6.07) is 8.05. The molecule has 148 valence electrons. The molecule has 2 atom stereocenters. The molecule has 4 heteroatoms. The molecule has 2 N–H and O–H groups in total. The van der Waals surface area contributed by atoms with E-state index in [1.165, 1.54) is 0 Å². The summed E-state index contributed by atoms with van der Waals surface area (Å²) in [6.07, 6.45) is 7.88. The highest BCUT2D eigenvalue weighted by molar-refractivity contribution is 5.87. The van der Waals surface area contributed by atoms with Gasteiger partial charge < -0.3 is 10.2 Å². The molecule has 0 aliphatic heterocycles. The molecule has 0 aromatic heterocycles. The highest BCUT2D eigenvalue weighted by atomic mass is 16.3. The van der Waals surface area contributed by atoms with E-state index in [1.807, 2.05) is 64.4 Å². The van der Waals surface area contributed by atoms with Gasteiger partial charge in [-0.25, -0.2) is 0 Å². The van der Waals surface area contributed by atoms with Gasteiger partial charge in [-0.15, -0.1) is 0 Å². The number of phenolic OH excluding ortho intramolecular Hbond substituents is 2. The molecule has 28 heavy (non-hydrogen) atoms. The molecular formula is C24H30N2O2. The van der Waals surface area contributed by atoms with Gasteiger partial charge in [0.1, 0.15) is 11.5 Å². The second kappa shape index (κ2) is 8.59. The predicted octanol–water partition coefficient (Wildman–Crippen LogP) is 5.18. The van der Waals surface area contributed by atoms with Crippen LogP contribution in [0.3, 0.4) is 0 Å². The maximum atomic E-state index is 10.4. The first-order valence-corrected chi connectivity index (χ1v) is 10.0. The Morgan fingerprint density at radius 3 is 1.43 bits per heavy atom. The van der Waals surface area contributed by atoms with Gasteiger partial charge in [0.15, 0.2) is 0 Å². The van der Waals surface area contributed by atoms with Crippen LogP contribution in [0.25, 0.3) is 0 Å². The average molecular weight is 379 g/mol. The molecule has 2 aromatic carbocycles. The van der Waals surface area contributed by atoms with E-state index < -0.39 is 0 Å². The summed E-state index contributed by atoms with van der Waals surface area (Å²) in [5.41, 5.74) is 5.33.